The highest BCUT2D eigenvalue weighted by atomic mass is 16.6. The van der Waals surface area contributed by atoms with Crippen molar-refractivity contribution in [3.8, 4) is 0 Å². The van der Waals surface area contributed by atoms with Crippen LogP contribution in [0.25, 0.3) is 0 Å². The fourth-order valence-corrected chi connectivity index (χ4v) is 0.716. The molecule has 0 radical (unpaired) electrons. The molecule has 0 heterocycles. The van der Waals surface area contributed by atoms with E-state index >= 15 is 0 Å². The van der Waals surface area contributed by atoms with Gasteiger partial charge in [-0.1, -0.05) is 20.3 Å². The van der Waals surface area contributed by atoms with E-state index in [2.05, 4.69) is 6.92 Å². The van der Waals surface area contributed by atoms with Crippen LogP contribution in [0.4, 0.5) is 0 Å². The van der Waals surface area contributed by atoms with Crippen LogP contribution >= 0.6 is 0 Å². The maximum Gasteiger partial charge on any atom is 0.300 e. The summed E-state index contributed by atoms with van der Waals surface area (Å²) in [7, 11) is 1.82. The van der Waals surface area contributed by atoms with Gasteiger partial charge in [-0.2, -0.15) is 0 Å². The minimum atomic E-state index is -0.154. The molecular formula is C9H19BO3. The lowest BCUT2D eigenvalue weighted by Gasteiger charge is -2.07. The Balaban J connectivity index is 3.12. The quantitative estimate of drug-likeness (QED) is 0.335. The first-order valence-corrected chi connectivity index (χ1v) is 4.92. The molecule has 0 aromatic carbocycles. The predicted octanol–water partition coefficient (Wildman–Crippen LogP) is 0.788. The van der Waals surface area contributed by atoms with Gasteiger partial charge in [0, 0.05) is 12.4 Å². The van der Waals surface area contributed by atoms with Crippen molar-refractivity contribution in [2.24, 2.45) is 0 Å². The number of carbonyl (C=O) groups is 1. The van der Waals surface area contributed by atoms with Crippen molar-refractivity contribution < 1.29 is 14.3 Å². The maximum atomic E-state index is 11.0. The zero-order valence-corrected chi connectivity index (χ0v) is 8.84. The topological polar surface area (TPSA) is 35.5 Å². The molecule has 3 nitrogen and oxygen atoms in total. The van der Waals surface area contributed by atoms with Crippen LogP contribution in [0.5, 0.6) is 0 Å². The van der Waals surface area contributed by atoms with Crippen molar-refractivity contribution in [2.45, 2.75) is 32.5 Å². The monoisotopic (exact) mass is 186 g/mol. The van der Waals surface area contributed by atoms with Crippen LogP contribution < -0.4 is 0 Å². The van der Waals surface area contributed by atoms with Crippen LogP contribution in [0.15, 0.2) is 0 Å². The van der Waals surface area contributed by atoms with Crippen molar-refractivity contribution in [1.29, 1.82) is 0 Å². The molecule has 1 unspecified atom stereocenters. The summed E-state index contributed by atoms with van der Waals surface area (Å²) in [5, 5.41) is 0. The van der Waals surface area contributed by atoms with Gasteiger partial charge in [0.05, 0.1) is 6.61 Å². The first-order chi connectivity index (χ1) is 6.18. The van der Waals surface area contributed by atoms with Crippen molar-refractivity contribution in [3.05, 3.63) is 0 Å². The van der Waals surface area contributed by atoms with Crippen LogP contribution in [-0.4, -0.2) is 33.6 Å². The van der Waals surface area contributed by atoms with E-state index in [1.165, 1.54) is 0 Å². The number of carbonyl (C=O) groups excluding carboxylic acids is 1. The van der Waals surface area contributed by atoms with Gasteiger partial charge in [-0.15, -0.1) is 0 Å². The molecule has 0 bridgehead atoms. The van der Waals surface area contributed by atoms with Crippen LogP contribution in [0, 0.1) is 0 Å². The largest absolute Gasteiger partial charge is 0.464 e. The molecule has 0 aliphatic rings. The van der Waals surface area contributed by atoms with Crippen molar-refractivity contribution in [1.82, 2.24) is 0 Å². The van der Waals surface area contributed by atoms with E-state index in [-0.39, 0.29) is 11.8 Å². The minimum absolute atomic E-state index is 0.0457. The molecule has 0 saturated carbocycles. The third-order valence-corrected chi connectivity index (χ3v) is 1.59. The summed E-state index contributed by atoms with van der Waals surface area (Å²) < 4.78 is 10.1. The van der Waals surface area contributed by atoms with Crippen LogP contribution in [-0.2, 0) is 14.3 Å². The third kappa shape index (κ3) is 7.84. The number of hydrogen-bond acceptors (Lipinski definition) is 3. The molecule has 4 heteroatoms. The molecule has 0 fully saturated rings. The average Bonchev–Trinajstić information content (AvgIpc) is 2.10. The maximum absolute atomic E-state index is 11.0. The summed E-state index contributed by atoms with van der Waals surface area (Å²) in [5.74, 6) is -0.199. The first kappa shape index (κ1) is 12.5. The molecule has 76 valence electrons. The number of ether oxygens (including phenoxy) is 2. The van der Waals surface area contributed by atoms with Gasteiger partial charge in [0.2, 0.25) is 0 Å². The molecule has 0 saturated heterocycles. The standard InChI is InChI=1S/C9H19BO3/c1-3-4-5-12-6-7-13-9(11)8(2)10/h8H,3-7,10H2,1-2H3. The molecule has 0 aromatic heterocycles. The molecule has 0 N–H and O–H groups in total. The third-order valence-electron chi connectivity index (χ3n) is 1.59. The Morgan fingerprint density at radius 3 is 2.62 bits per heavy atom. The second kappa shape index (κ2) is 8.11. The normalized spacial score (nSPS) is 12.5. The molecule has 0 aromatic rings. The number of rotatable bonds is 7. The van der Waals surface area contributed by atoms with E-state index in [0.717, 1.165) is 19.4 Å². The zero-order chi connectivity index (χ0) is 10.1. The second-order valence-electron chi connectivity index (χ2n) is 3.29. The molecule has 0 rings (SSSR count). The summed E-state index contributed by atoms with van der Waals surface area (Å²) in [6, 6.07) is 0. The minimum Gasteiger partial charge on any atom is -0.464 e. The summed E-state index contributed by atoms with van der Waals surface area (Å²) in [6.07, 6.45) is 2.20. The van der Waals surface area contributed by atoms with Gasteiger partial charge in [0.1, 0.15) is 14.5 Å². The van der Waals surface area contributed by atoms with E-state index in [9.17, 15) is 4.79 Å². The van der Waals surface area contributed by atoms with Crippen LogP contribution in [0.1, 0.15) is 26.7 Å². The molecule has 0 aliphatic carbocycles. The summed E-state index contributed by atoms with van der Waals surface area (Å²) >= 11 is 0. The molecule has 13 heavy (non-hydrogen) atoms. The highest BCUT2D eigenvalue weighted by Gasteiger charge is 2.06. The zero-order valence-electron chi connectivity index (χ0n) is 8.84. The lowest BCUT2D eigenvalue weighted by atomic mass is 9.90. The number of esters is 1. The summed E-state index contributed by atoms with van der Waals surface area (Å²) in [4.78, 5) is 11.0. The molecule has 0 aliphatic heterocycles. The molecule has 0 amide bonds. The predicted molar refractivity (Wildman–Crippen MR) is 54.7 cm³/mol. The Morgan fingerprint density at radius 1 is 1.38 bits per heavy atom. The first-order valence-electron chi connectivity index (χ1n) is 4.92. The second-order valence-corrected chi connectivity index (χ2v) is 3.29. The highest BCUT2D eigenvalue weighted by molar-refractivity contribution is 6.22. The number of hydrogen-bond donors (Lipinski definition) is 0. The Morgan fingerprint density at radius 2 is 2.08 bits per heavy atom. The van der Waals surface area contributed by atoms with Gasteiger partial charge in [-0.05, 0) is 6.42 Å². The van der Waals surface area contributed by atoms with Gasteiger partial charge < -0.3 is 9.47 Å². The van der Waals surface area contributed by atoms with Crippen LogP contribution in [0.3, 0.4) is 0 Å². The van der Waals surface area contributed by atoms with Gasteiger partial charge in [-0.25, -0.2) is 0 Å². The average molecular weight is 186 g/mol. The van der Waals surface area contributed by atoms with Gasteiger partial charge in [-0.3, -0.25) is 4.79 Å². The summed E-state index contributed by atoms with van der Waals surface area (Å²) in [6.45, 7) is 5.58. The van der Waals surface area contributed by atoms with Crippen molar-refractivity contribution in [3.63, 3.8) is 0 Å². The Labute approximate surface area is 81.2 Å². The fourth-order valence-electron chi connectivity index (χ4n) is 0.716. The molecule has 1 atom stereocenters. The van der Waals surface area contributed by atoms with E-state index in [1.54, 1.807) is 0 Å². The van der Waals surface area contributed by atoms with E-state index in [4.69, 9.17) is 9.47 Å². The smallest absolute Gasteiger partial charge is 0.300 e. The SMILES string of the molecule is BC(C)C(=O)OCCOCCCC. The lowest BCUT2D eigenvalue weighted by molar-refractivity contribution is -0.144. The van der Waals surface area contributed by atoms with Crippen molar-refractivity contribution in [2.75, 3.05) is 19.8 Å². The van der Waals surface area contributed by atoms with E-state index in [0.29, 0.717) is 13.2 Å². The molecule has 0 spiro atoms. The fraction of sp³-hybridized carbons (Fsp3) is 0.889. The van der Waals surface area contributed by atoms with E-state index in [1.807, 2.05) is 14.8 Å². The molecular weight excluding hydrogens is 167 g/mol. The van der Waals surface area contributed by atoms with Crippen molar-refractivity contribution >= 4 is 13.8 Å². The lowest BCUT2D eigenvalue weighted by Crippen LogP contribution is -2.14. The van der Waals surface area contributed by atoms with Gasteiger partial charge in [0.25, 0.3) is 0 Å². The van der Waals surface area contributed by atoms with Gasteiger partial charge >= 0.3 is 5.97 Å². The Kier molecular flexibility index (Phi) is 7.79. The number of unbranched alkanes of at least 4 members (excludes halogenated alkanes) is 1. The summed E-state index contributed by atoms with van der Waals surface area (Å²) in [5.41, 5.74) is 0. The van der Waals surface area contributed by atoms with Gasteiger partial charge in [0.15, 0.2) is 0 Å². The van der Waals surface area contributed by atoms with Crippen LogP contribution in [0.2, 0.25) is 5.82 Å². The van der Waals surface area contributed by atoms with E-state index < -0.39 is 0 Å². The Bertz CT molecular complexity index is 137. The highest BCUT2D eigenvalue weighted by Crippen LogP contribution is 1.98. The Hall–Kier alpha value is -0.505.